The Bertz CT molecular complexity index is 336. The number of nitrogens with two attached hydrogens (primary N) is 1. The maximum Gasteiger partial charge on any atom is 0.522 e. The van der Waals surface area contributed by atoms with Crippen molar-refractivity contribution in [1.82, 2.24) is 0 Å². The van der Waals surface area contributed by atoms with Crippen LogP contribution >= 0.6 is 0 Å². The second kappa shape index (κ2) is 5.88. The highest BCUT2D eigenvalue weighted by Gasteiger charge is 2.28. The summed E-state index contributed by atoms with van der Waals surface area (Å²) >= 11 is 0. The van der Waals surface area contributed by atoms with Crippen LogP contribution in [0.15, 0.2) is 24.3 Å². The molecule has 1 aromatic rings. The molecular weight excluding hydrogens is 235 g/mol. The third-order valence-electron chi connectivity index (χ3n) is 2.02. The Kier molecular flexibility index (Phi) is 4.77. The Morgan fingerprint density at radius 3 is 2.24 bits per heavy atom. The highest BCUT2D eigenvalue weighted by atomic mass is 19.4. The first-order valence-corrected chi connectivity index (χ1v) is 5.07. The molecule has 1 atom stereocenters. The summed E-state index contributed by atoms with van der Waals surface area (Å²) in [4.78, 5) is 0. The lowest BCUT2D eigenvalue weighted by Gasteiger charge is -2.10. The summed E-state index contributed by atoms with van der Waals surface area (Å²) in [5, 5.41) is 0. The van der Waals surface area contributed by atoms with Gasteiger partial charge in [-0.3, -0.25) is 4.74 Å². The average molecular weight is 249 g/mol. The van der Waals surface area contributed by atoms with Gasteiger partial charge < -0.3 is 10.5 Å². The topological polar surface area (TPSA) is 44.5 Å². The van der Waals surface area contributed by atoms with Gasteiger partial charge >= 0.3 is 6.36 Å². The Morgan fingerprint density at radius 2 is 1.76 bits per heavy atom. The van der Waals surface area contributed by atoms with Crippen molar-refractivity contribution in [2.24, 2.45) is 5.73 Å². The van der Waals surface area contributed by atoms with Crippen molar-refractivity contribution in [3.05, 3.63) is 29.8 Å². The van der Waals surface area contributed by atoms with Crippen molar-refractivity contribution in [3.63, 3.8) is 0 Å². The van der Waals surface area contributed by atoms with Crippen molar-refractivity contribution in [2.75, 3.05) is 13.2 Å². The average Bonchev–Trinajstić information content (AvgIpc) is 2.24. The molecule has 1 aromatic carbocycles. The normalized spacial score (nSPS) is 13.5. The molecule has 0 bridgehead atoms. The summed E-state index contributed by atoms with van der Waals surface area (Å²) in [7, 11) is 0. The predicted octanol–water partition coefficient (Wildman–Crippen LogP) is 2.62. The van der Waals surface area contributed by atoms with E-state index in [0.29, 0.717) is 5.75 Å². The Balaban J connectivity index is 2.33. The summed E-state index contributed by atoms with van der Waals surface area (Å²) in [5.41, 5.74) is 6.58. The van der Waals surface area contributed by atoms with Crippen LogP contribution in [0.5, 0.6) is 5.75 Å². The van der Waals surface area contributed by atoms with Gasteiger partial charge in [0.2, 0.25) is 0 Å². The monoisotopic (exact) mass is 249 g/mol. The lowest BCUT2D eigenvalue weighted by Crippen LogP contribution is -2.18. The maximum atomic E-state index is 11.6. The van der Waals surface area contributed by atoms with E-state index in [0.717, 1.165) is 5.56 Å². The van der Waals surface area contributed by atoms with Crippen LogP contribution < -0.4 is 10.5 Å². The highest BCUT2D eigenvalue weighted by Crippen LogP contribution is 2.17. The van der Waals surface area contributed by atoms with E-state index in [1.165, 1.54) is 0 Å². The molecule has 96 valence electrons. The summed E-state index contributed by atoms with van der Waals surface area (Å²) in [6.45, 7) is 1.16. The molecular formula is C11H14F3NO2. The summed E-state index contributed by atoms with van der Waals surface area (Å²) in [6.07, 6.45) is -4.61. The predicted molar refractivity (Wildman–Crippen MR) is 56.5 cm³/mol. The maximum absolute atomic E-state index is 11.6. The van der Waals surface area contributed by atoms with Crippen molar-refractivity contribution in [3.8, 4) is 5.75 Å². The molecule has 0 saturated heterocycles. The van der Waals surface area contributed by atoms with Gasteiger partial charge in [0, 0.05) is 6.04 Å². The molecule has 0 aliphatic heterocycles. The summed E-state index contributed by atoms with van der Waals surface area (Å²) in [6, 6.07) is 6.77. The Morgan fingerprint density at radius 1 is 1.18 bits per heavy atom. The fraction of sp³-hybridized carbons (Fsp3) is 0.455. The van der Waals surface area contributed by atoms with Gasteiger partial charge in [0.1, 0.15) is 12.4 Å². The van der Waals surface area contributed by atoms with Crippen LogP contribution in [0.2, 0.25) is 0 Å². The number of hydrogen-bond acceptors (Lipinski definition) is 3. The third kappa shape index (κ3) is 5.55. The molecule has 6 heteroatoms. The standard InChI is InChI=1S/C11H14F3NO2/c1-8(15)9-2-4-10(5-3-9)16-6-7-17-11(12,13)14/h2-5,8H,6-7,15H2,1H3. The van der Waals surface area contributed by atoms with E-state index in [4.69, 9.17) is 10.5 Å². The molecule has 0 aliphatic carbocycles. The minimum absolute atomic E-state index is 0.0855. The molecule has 1 unspecified atom stereocenters. The minimum atomic E-state index is -4.61. The molecule has 0 saturated carbocycles. The van der Waals surface area contributed by atoms with E-state index >= 15 is 0 Å². The molecule has 0 aromatic heterocycles. The van der Waals surface area contributed by atoms with Crippen LogP contribution in [-0.4, -0.2) is 19.6 Å². The number of ether oxygens (including phenoxy) is 2. The van der Waals surface area contributed by atoms with Crippen molar-refractivity contribution < 1.29 is 22.6 Å². The van der Waals surface area contributed by atoms with E-state index in [1.807, 2.05) is 6.92 Å². The van der Waals surface area contributed by atoms with Crippen LogP contribution in [-0.2, 0) is 4.74 Å². The van der Waals surface area contributed by atoms with Gasteiger partial charge in [-0.15, -0.1) is 13.2 Å². The highest BCUT2D eigenvalue weighted by molar-refractivity contribution is 5.28. The summed E-state index contributed by atoms with van der Waals surface area (Å²) < 4.78 is 43.5. The fourth-order valence-electron chi connectivity index (χ4n) is 1.18. The second-order valence-electron chi connectivity index (χ2n) is 3.50. The zero-order valence-corrected chi connectivity index (χ0v) is 9.33. The van der Waals surface area contributed by atoms with E-state index in [2.05, 4.69) is 4.74 Å². The molecule has 1 rings (SSSR count). The van der Waals surface area contributed by atoms with Crippen molar-refractivity contribution in [2.45, 2.75) is 19.3 Å². The van der Waals surface area contributed by atoms with E-state index in [9.17, 15) is 13.2 Å². The first kappa shape index (κ1) is 13.8. The Hall–Kier alpha value is -1.27. The fourth-order valence-corrected chi connectivity index (χ4v) is 1.18. The molecule has 0 amide bonds. The summed E-state index contributed by atoms with van der Waals surface area (Å²) in [5.74, 6) is 0.486. The van der Waals surface area contributed by atoms with Crippen LogP contribution in [0.4, 0.5) is 13.2 Å². The van der Waals surface area contributed by atoms with Gasteiger partial charge in [0.15, 0.2) is 0 Å². The zero-order valence-electron chi connectivity index (χ0n) is 9.33. The number of rotatable bonds is 5. The molecule has 0 radical (unpaired) electrons. The number of alkyl halides is 3. The van der Waals surface area contributed by atoms with E-state index in [1.54, 1.807) is 24.3 Å². The largest absolute Gasteiger partial charge is 0.522 e. The lowest BCUT2D eigenvalue weighted by molar-refractivity contribution is -0.325. The van der Waals surface area contributed by atoms with E-state index < -0.39 is 13.0 Å². The lowest BCUT2D eigenvalue weighted by atomic mass is 10.1. The Labute approximate surface area is 97.3 Å². The number of hydrogen-bond donors (Lipinski definition) is 1. The number of benzene rings is 1. The first-order valence-electron chi connectivity index (χ1n) is 5.07. The van der Waals surface area contributed by atoms with Crippen LogP contribution in [0.25, 0.3) is 0 Å². The first-order chi connectivity index (χ1) is 7.88. The zero-order chi connectivity index (χ0) is 12.9. The van der Waals surface area contributed by atoms with Gasteiger partial charge in [0.25, 0.3) is 0 Å². The van der Waals surface area contributed by atoms with E-state index in [-0.39, 0.29) is 12.6 Å². The molecule has 17 heavy (non-hydrogen) atoms. The van der Waals surface area contributed by atoms with Gasteiger partial charge in [-0.05, 0) is 24.6 Å². The SMILES string of the molecule is CC(N)c1ccc(OCCOC(F)(F)F)cc1. The smallest absolute Gasteiger partial charge is 0.491 e. The number of halogens is 3. The van der Waals surface area contributed by atoms with Crippen molar-refractivity contribution >= 4 is 0 Å². The third-order valence-corrected chi connectivity index (χ3v) is 2.02. The second-order valence-corrected chi connectivity index (χ2v) is 3.50. The molecule has 0 spiro atoms. The van der Waals surface area contributed by atoms with Gasteiger partial charge in [-0.1, -0.05) is 12.1 Å². The van der Waals surface area contributed by atoms with Crippen molar-refractivity contribution in [1.29, 1.82) is 0 Å². The minimum Gasteiger partial charge on any atom is -0.491 e. The van der Waals surface area contributed by atoms with Gasteiger partial charge in [-0.2, -0.15) is 0 Å². The molecule has 0 aliphatic rings. The van der Waals surface area contributed by atoms with Crippen LogP contribution in [0, 0.1) is 0 Å². The van der Waals surface area contributed by atoms with Crippen LogP contribution in [0.1, 0.15) is 18.5 Å². The molecule has 3 nitrogen and oxygen atoms in total. The van der Waals surface area contributed by atoms with Crippen LogP contribution in [0.3, 0.4) is 0 Å². The van der Waals surface area contributed by atoms with Gasteiger partial charge in [0.05, 0.1) is 6.61 Å². The van der Waals surface area contributed by atoms with Gasteiger partial charge in [-0.25, -0.2) is 0 Å². The molecule has 0 fully saturated rings. The molecule has 0 heterocycles. The molecule has 2 N–H and O–H groups in total. The quantitative estimate of drug-likeness (QED) is 0.816.